The lowest BCUT2D eigenvalue weighted by atomic mass is 9.87. The average molecular weight is 384 g/mol. The van der Waals surface area contributed by atoms with E-state index < -0.39 is 10.0 Å². The molecule has 1 heterocycles. The minimum absolute atomic E-state index is 0.0826. The van der Waals surface area contributed by atoms with Crippen LogP contribution in [0.2, 0.25) is 0 Å². The van der Waals surface area contributed by atoms with E-state index in [2.05, 4.69) is 5.32 Å². The maximum atomic E-state index is 12.6. The molecule has 26 heavy (non-hydrogen) atoms. The second-order valence-corrected chi connectivity index (χ2v) is 8.70. The normalized spacial score (nSPS) is 17.1. The Kier molecular flexibility index (Phi) is 7.43. The molecule has 1 aliphatic rings. The zero-order valence-corrected chi connectivity index (χ0v) is 16.4. The minimum atomic E-state index is -3.38. The second-order valence-electron chi connectivity index (χ2n) is 6.61. The molecule has 0 aromatic heterocycles. The average Bonchev–Trinajstić information content (AvgIpc) is 2.63. The number of sulfonamides is 1. The second kappa shape index (κ2) is 9.34. The Morgan fingerprint density at radius 1 is 1.23 bits per heavy atom. The summed E-state index contributed by atoms with van der Waals surface area (Å²) < 4.78 is 36.4. The highest BCUT2D eigenvalue weighted by atomic mass is 32.2. The summed E-state index contributed by atoms with van der Waals surface area (Å²) in [5.41, 5.74) is 0.884. The molecular weight excluding hydrogens is 356 g/mol. The molecule has 1 aromatic rings. The van der Waals surface area contributed by atoms with Crippen LogP contribution >= 0.6 is 0 Å². The molecule has 1 unspecified atom stereocenters. The molecular formula is C18H28N2O5S. The van der Waals surface area contributed by atoms with Crippen LogP contribution in [-0.2, 0) is 19.6 Å². The summed E-state index contributed by atoms with van der Waals surface area (Å²) in [6.07, 6.45) is 0. The Labute approximate surface area is 155 Å². The first-order chi connectivity index (χ1) is 12.3. The molecule has 1 saturated heterocycles. The predicted molar refractivity (Wildman–Crippen MR) is 99.8 cm³/mol. The number of rotatable bonds is 8. The Hall–Kier alpha value is -1.64. The molecule has 0 spiro atoms. The maximum Gasteiger partial charge on any atom is 0.227 e. The fourth-order valence-corrected chi connectivity index (χ4v) is 4.34. The molecule has 7 nitrogen and oxygen atoms in total. The summed E-state index contributed by atoms with van der Waals surface area (Å²) >= 11 is 0. The van der Waals surface area contributed by atoms with Gasteiger partial charge < -0.3 is 14.8 Å². The van der Waals surface area contributed by atoms with Crippen molar-refractivity contribution < 1.29 is 22.7 Å². The van der Waals surface area contributed by atoms with Crippen molar-refractivity contribution in [1.29, 1.82) is 0 Å². The van der Waals surface area contributed by atoms with Gasteiger partial charge in [-0.1, -0.05) is 26.0 Å². The number of nitrogens with zero attached hydrogens (tertiary/aromatic N) is 1. The van der Waals surface area contributed by atoms with E-state index in [0.717, 1.165) is 11.3 Å². The maximum absolute atomic E-state index is 12.6. The topological polar surface area (TPSA) is 84.9 Å². The van der Waals surface area contributed by atoms with Crippen molar-refractivity contribution in [1.82, 2.24) is 9.62 Å². The van der Waals surface area contributed by atoms with Gasteiger partial charge in [0.1, 0.15) is 5.75 Å². The monoisotopic (exact) mass is 384 g/mol. The van der Waals surface area contributed by atoms with Crippen LogP contribution in [-0.4, -0.2) is 64.3 Å². The Balaban J connectivity index is 1.94. The summed E-state index contributed by atoms with van der Waals surface area (Å²) in [7, 11) is -1.78. The van der Waals surface area contributed by atoms with Crippen LogP contribution in [0.3, 0.4) is 0 Å². The van der Waals surface area contributed by atoms with Crippen molar-refractivity contribution >= 4 is 15.9 Å². The quantitative estimate of drug-likeness (QED) is 0.728. The number of benzene rings is 1. The molecule has 0 saturated carbocycles. The van der Waals surface area contributed by atoms with E-state index in [4.69, 9.17) is 9.47 Å². The number of nitrogens with one attached hydrogen (secondary N) is 1. The van der Waals surface area contributed by atoms with Crippen molar-refractivity contribution in [2.45, 2.75) is 19.8 Å². The van der Waals surface area contributed by atoms with Gasteiger partial charge in [-0.2, -0.15) is 4.31 Å². The zero-order valence-electron chi connectivity index (χ0n) is 15.6. The number of carbonyl (C=O) groups excluding carboxylic acids is 1. The number of morpholine rings is 1. The first-order valence-corrected chi connectivity index (χ1v) is 10.4. The van der Waals surface area contributed by atoms with Crippen molar-refractivity contribution in [2.24, 2.45) is 5.92 Å². The van der Waals surface area contributed by atoms with Crippen LogP contribution in [0.1, 0.15) is 25.3 Å². The van der Waals surface area contributed by atoms with E-state index in [-0.39, 0.29) is 30.0 Å². The highest BCUT2D eigenvalue weighted by Crippen LogP contribution is 2.26. The van der Waals surface area contributed by atoms with Crippen LogP contribution in [0.15, 0.2) is 24.3 Å². The van der Waals surface area contributed by atoms with Gasteiger partial charge >= 0.3 is 0 Å². The lowest BCUT2D eigenvalue weighted by Crippen LogP contribution is -2.44. The summed E-state index contributed by atoms with van der Waals surface area (Å²) in [6.45, 7) is 5.61. The molecule has 1 aromatic carbocycles. The molecule has 1 amide bonds. The molecule has 2 rings (SSSR count). The number of amides is 1. The minimum Gasteiger partial charge on any atom is -0.497 e. The van der Waals surface area contributed by atoms with Gasteiger partial charge in [0.15, 0.2) is 0 Å². The van der Waals surface area contributed by atoms with Crippen molar-refractivity contribution in [3.63, 3.8) is 0 Å². The Morgan fingerprint density at radius 2 is 1.85 bits per heavy atom. The van der Waals surface area contributed by atoms with Gasteiger partial charge in [0.2, 0.25) is 15.9 Å². The van der Waals surface area contributed by atoms with Gasteiger partial charge in [0, 0.05) is 19.6 Å². The first kappa shape index (κ1) is 20.7. The fourth-order valence-electron chi connectivity index (χ4n) is 3.02. The first-order valence-electron chi connectivity index (χ1n) is 8.82. The van der Waals surface area contributed by atoms with Gasteiger partial charge in [-0.05, 0) is 23.6 Å². The molecule has 8 heteroatoms. The molecule has 1 fully saturated rings. The molecule has 0 bridgehead atoms. The number of hydrogen-bond donors (Lipinski definition) is 1. The zero-order chi connectivity index (χ0) is 19.2. The number of carbonyl (C=O) groups is 1. The van der Waals surface area contributed by atoms with E-state index in [0.29, 0.717) is 26.3 Å². The van der Waals surface area contributed by atoms with Gasteiger partial charge in [-0.3, -0.25) is 4.79 Å². The van der Waals surface area contributed by atoms with Crippen LogP contribution < -0.4 is 10.1 Å². The standard InChI is InChI=1S/C18H28N2O5S/c1-14(2)17(15-4-6-16(24-3)7-5-15)18(21)19-8-13-26(22,23)20-9-11-25-12-10-20/h4-7,14,17H,8-13H2,1-3H3,(H,19,21). The number of methoxy groups -OCH3 is 1. The van der Waals surface area contributed by atoms with Gasteiger partial charge in [0.05, 0.1) is 32.0 Å². The third-order valence-corrected chi connectivity index (χ3v) is 6.32. The highest BCUT2D eigenvalue weighted by molar-refractivity contribution is 7.89. The summed E-state index contributed by atoms with van der Waals surface area (Å²) in [5.74, 6) is 0.202. The third kappa shape index (κ3) is 5.43. The van der Waals surface area contributed by atoms with E-state index in [1.165, 1.54) is 4.31 Å². The van der Waals surface area contributed by atoms with Gasteiger partial charge in [-0.15, -0.1) is 0 Å². The Bertz CT molecular complexity index is 682. The predicted octanol–water partition coefficient (Wildman–Crippen LogP) is 1.21. The number of ether oxygens (including phenoxy) is 2. The van der Waals surface area contributed by atoms with E-state index in [9.17, 15) is 13.2 Å². The van der Waals surface area contributed by atoms with Crippen LogP contribution in [0.4, 0.5) is 0 Å². The molecule has 146 valence electrons. The molecule has 0 radical (unpaired) electrons. The third-order valence-electron chi connectivity index (χ3n) is 4.45. The molecule has 1 aliphatic heterocycles. The van der Waals surface area contributed by atoms with Crippen LogP contribution in [0.5, 0.6) is 5.75 Å². The van der Waals surface area contributed by atoms with Gasteiger partial charge in [-0.25, -0.2) is 8.42 Å². The van der Waals surface area contributed by atoms with Crippen LogP contribution in [0, 0.1) is 5.92 Å². The largest absolute Gasteiger partial charge is 0.497 e. The molecule has 0 aliphatic carbocycles. The van der Waals surface area contributed by atoms with E-state index >= 15 is 0 Å². The Morgan fingerprint density at radius 3 is 2.38 bits per heavy atom. The fraction of sp³-hybridized carbons (Fsp3) is 0.611. The van der Waals surface area contributed by atoms with Crippen molar-refractivity contribution in [2.75, 3.05) is 45.7 Å². The van der Waals surface area contributed by atoms with Crippen LogP contribution in [0.25, 0.3) is 0 Å². The van der Waals surface area contributed by atoms with E-state index in [1.54, 1.807) is 7.11 Å². The SMILES string of the molecule is COc1ccc(C(C(=O)NCCS(=O)(=O)N2CCOCC2)C(C)C)cc1. The van der Waals surface area contributed by atoms with Gasteiger partial charge in [0.25, 0.3) is 0 Å². The van der Waals surface area contributed by atoms with E-state index in [1.807, 2.05) is 38.1 Å². The lowest BCUT2D eigenvalue weighted by Gasteiger charge is -2.26. The van der Waals surface area contributed by atoms with Crippen molar-refractivity contribution in [3.05, 3.63) is 29.8 Å². The molecule has 1 atom stereocenters. The summed E-state index contributed by atoms with van der Waals surface area (Å²) in [6, 6.07) is 7.38. The smallest absolute Gasteiger partial charge is 0.227 e. The van der Waals surface area contributed by atoms with Crippen molar-refractivity contribution in [3.8, 4) is 5.75 Å². The highest BCUT2D eigenvalue weighted by Gasteiger charge is 2.26. The summed E-state index contributed by atoms with van der Waals surface area (Å²) in [4.78, 5) is 12.6. The number of hydrogen-bond acceptors (Lipinski definition) is 5. The lowest BCUT2D eigenvalue weighted by molar-refractivity contribution is -0.123. The summed E-state index contributed by atoms with van der Waals surface area (Å²) in [5, 5.41) is 2.78. The molecule has 1 N–H and O–H groups in total.